The summed E-state index contributed by atoms with van der Waals surface area (Å²) in [7, 11) is 1.78. The van der Waals surface area contributed by atoms with Crippen molar-refractivity contribution in [1.82, 2.24) is 14.7 Å². The molecule has 1 aliphatic rings. The normalized spacial score (nSPS) is 20.8. The summed E-state index contributed by atoms with van der Waals surface area (Å²) < 4.78 is 7.02. The van der Waals surface area contributed by atoms with E-state index in [1.807, 2.05) is 30.3 Å². The van der Waals surface area contributed by atoms with Gasteiger partial charge in [0.15, 0.2) is 6.10 Å². The molecule has 1 fully saturated rings. The quantitative estimate of drug-likeness (QED) is 0.920. The van der Waals surface area contributed by atoms with Gasteiger partial charge in [-0.05, 0) is 6.92 Å². The van der Waals surface area contributed by atoms with Crippen LogP contribution in [0.2, 0.25) is 0 Å². The molecule has 126 valence electrons. The molecule has 0 aliphatic carbocycles. The van der Waals surface area contributed by atoms with Crippen molar-refractivity contribution in [3.8, 4) is 11.3 Å². The number of morpholine rings is 1. The number of hydrogen-bond acceptors (Lipinski definition) is 4. The Kier molecular flexibility index (Phi) is 4.35. The van der Waals surface area contributed by atoms with Crippen molar-refractivity contribution in [2.75, 3.05) is 13.1 Å². The Labute approximate surface area is 139 Å². The summed E-state index contributed by atoms with van der Waals surface area (Å²) in [5.74, 6) is -1.29. The van der Waals surface area contributed by atoms with Gasteiger partial charge in [-0.3, -0.25) is 9.48 Å². The van der Waals surface area contributed by atoms with Crippen LogP contribution in [0.4, 0.5) is 0 Å². The number of carboxylic acids is 1. The molecule has 0 radical (unpaired) electrons. The third-order valence-corrected chi connectivity index (χ3v) is 4.04. The van der Waals surface area contributed by atoms with Crippen LogP contribution >= 0.6 is 0 Å². The van der Waals surface area contributed by atoms with E-state index in [2.05, 4.69) is 5.10 Å². The number of carbonyl (C=O) groups excluding carboxylic acids is 1. The van der Waals surface area contributed by atoms with Gasteiger partial charge in [0.25, 0.3) is 5.91 Å². The molecular weight excluding hydrogens is 310 g/mol. The maximum atomic E-state index is 12.9. The molecule has 1 aromatic carbocycles. The lowest BCUT2D eigenvalue weighted by atomic mass is 10.1. The van der Waals surface area contributed by atoms with Crippen LogP contribution in [-0.2, 0) is 16.6 Å². The summed E-state index contributed by atoms with van der Waals surface area (Å²) in [6.45, 7) is 2.14. The van der Waals surface area contributed by atoms with Gasteiger partial charge in [-0.25, -0.2) is 4.79 Å². The molecule has 7 nitrogen and oxygen atoms in total. The lowest BCUT2D eigenvalue weighted by Crippen LogP contribution is -2.51. The Morgan fingerprint density at radius 2 is 1.96 bits per heavy atom. The predicted molar refractivity (Wildman–Crippen MR) is 86.5 cm³/mol. The van der Waals surface area contributed by atoms with Crippen molar-refractivity contribution in [3.63, 3.8) is 0 Å². The summed E-state index contributed by atoms with van der Waals surface area (Å²) in [5.41, 5.74) is 2.06. The Morgan fingerprint density at radius 3 is 2.62 bits per heavy atom. The number of carboxylic acid groups (broad SMARTS) is 1. The van der Waals surface area contributed by atoms with Crippen LogP contribution in [0.3, 0.4) is 0 Å². The molecule has 1 saturated heterocycles. The molecular formula is C17H19N3O4. The second kappa shape index (κ2) is 6.45. The molecule has 1 N–H and O–H groups in total. The van der Waals surface area contributed by atoms with Crippen LogP contribution in [0.1, 0.15) is 17.3 Å². The van der Waals surface area contributed by atoms with Gasteiger partial charge >= 0.3 is 5.97 Å². The third-order valence-electron chi connectivity index (χ3n) is 4.04. The van der Waals surface area contributed by atoms with Crippen LogP contribution in [0.5, 0.6) is 0 Å². The smallest absolute Gasteiger partial charge is 0.334 e. The fraction of sp³-hybridized carbons (Fsp3) is 0.353. The van der Waals surface area contributed by atoms with Gasteiger partial charge in [-0.1, -0.05) is 30.3 Å². The van der Waals surface area contributed by atoms with Gasteiger partial charge in [0.1, 0.15) is 0 Å². The highest BCUT2D eigenvalue weighted by Crippen LogP contribution is 2.25. The number of nitrogens with zero attached hydrogens (tertiary/aromatic N) is 3. The van der Waals surface area contributed by atoms with Gasteiger partial charge in [0.2, 0.25) is 0 Å². The zero-order valence-electron chi connectivity index (χ0n) is 13.5. The van der Waals surface area contributed by atoms with E-state index in [9.17, 15) is 14.7 Å². The molecule has 24 heavy (non-hydrogen) atoms. The lowest BCUT2D eigenvalue weighted by molar-refractivity contribution is -0.160. The zero-order chi connectivity index (χ0) is 17.3. The van der Waals surface area contributed by atoms with Gasteiger partial charge in [0.05, 0.1) is 30.1 Å². The van der Waals surface area contributed by atoms with Gasteiger partial charge < -0.3 is 14.7 Å². The Hall–Kier alpha value is -2.67. The summed E-state index contributed by atoms with van der Waals surface area (Å²) in [6, 6.07) is 9.52. The molecule has 1 aromatic heterocycles. The number of ether oxygens (including phenoxy) is 1. The maximum absolute atomic E-state index is 12.9. The predicted octanol–water partition coefficient (Wildman–Crippen LogP) is 1.40. The second-order valence-electron chi connectivity index (χ2n) is 5.88. The standard InChI is InChI=1S/C17H19N3O4/c1-11-9-20(10-14(24-11)17(22)23)16(21)13-8-18-19(2)15(13)12-6-4-3-5-7-12/h3-8,11,14H,9-10H2,1-2H3,(H,22,23)/t11-,14?/m1/s1. The van der Waals surface area contributed by atoms with E-state index in [1.54, 1.807) is 18.7 Å². The molecule has 0 spiro atoms. The van der Waals surface area contributed by atoms with E-state index in [0.717, 1.165) is 5.56 Å². The average Bonchev–Trinajstić information content (AvgIpc) is 2.96. The molecule has 1 aliphatic heterocycles. The van der Waals surface area contributed by atoms with Crippen LogP contribution in [0.15, 0.2) is 36.5 Å². The van der Waals surface area contributed by atoms with Crippen molar-refractivity contribution < 1.29 is 19.4 Å². The SMILES string of the molecule is C[C@@H]1CN(C(=O)c2cnn(C)c2-c2ccccc2)CC(C(=O)O)O1. The van der Waals surface area contributed by atoms with E-state index >= 15 is 0 Å². The Morgan fingerprint density at radius 1 is 1.25 bits per heavy atom. The lowest BCUT2D eigenvalue weighted by Gasteiger charge is -2.34. The number of benzene rings is 1. The van der Waals surface area contributed by atoms with Crippen molar-refractivity contribution in [2.24, 2.45) is 7.05 Å². The molecule has 1 amide bonds. The number of aryl methyl sites for hydroxylation is 1. The van der Waals surface area contributed by atoms with Crippen LogP contribution in [-0.4, -0.2) is 57.0 Å². The Bertz CT molecular complexity index is 756. The summed E-state index contributed by atoms with van der Waals surface area (Å²) in [5, 5.41) is 13.4. The van der Waals surface area contributed by atoms with E-state index in [4.69, 9.17) is 4.74 Å². The van der Waals surface area contributed by atoms with Crippen LogP contribution in [0.25, 0.3) is 11.3 Å². The highest BCUT2D eigenvalue weighted by atomic mass is 16.5. The number of aliphatic carboxylic acids is 1. The first-order valence-electron chi connectivity index (χ1n) is 7.72. The highest BCUT2D eigenvalue weighted by Gasteiger charge is 2.34. The fourth-order valence-electron chi connectivity index (χ4n) is 2.96. The minimum atomic E-state index is -1.06. The summed E-state index contributed by atoms with van der Waals surface area (Å²) in [4.78, 5) is 25.7. The molecule has 7 heteroatoms. The molecule has 2 aromatic rings. The average molecular weight is 329 g/mol. The molecule has 2 heterocycles. The number of aromatic nitrogens is 2. The topological polar surface area (TPSA) is 84.7 Å². The largest absolute Gasteiger partial charge is 0.479 e. The first-order valence-corrected chi connectivity index (χ1v) is 7.72. The van der Waals surface area contributed by atoms with E-state index < -0.39 is 12.1 Å². The van der Waals surface area contributed by atoms with Crippen molar-refractivity contribution in [1.29, 1.82) is 0 Å². The van der Waals surface area contributed by atoms with Crippen molar-refractivity contribution >= 4 is 11.9 Å². The minimum Gasteiger partial charge on any atom is -0.479 e. The zero-order valence-corrected chi connectivity index (χ0v) is 13.5. The van der Waals surface area contributed by atoms with E-state index in [1.165, 1.54) is 11.1 Å². The van der Waals surface area contributed by atoms with Gasteiger partial charge in [-0.15, -0.1) is 0 Å². The van der Waals surface area contributed by atoms with E-state index in [0.29, 0.717) is 17.8 Å². The summed E-state index contributed by atoms with van der Waals surface area (Å²) >= 11 is 0. The highest BCUT2D eigenvalue weighted by molar-refractivity contribution is 6.00. The fourth-order valence-corrected chi connectivity index (χ4v) is 2.96. The van der Waals surface area contributed by atoms with Crippen molar-refractivity contribution in [3.05, 3.63) is 42.1 Å². The molecule has 0 bridgehead atoms. The van der Waals surface area contributed by atoms with Crippen LogP contribution in [0, 0.1) is 0 Å². The molecule has 0 saturated carbocycles. The number of hydrogen-bond donors (Lipinski definition) is 1. The third kappa shape index (κ3) is 3.03. The molecule has 3 rings (SSSR count). The van der Waals surface area contributed by atoms with E-state index in [-0.39, 0.29) is 18.6 Å². The van der Waals surface area contributed by atoms with Crippen LogP contribution < -0.4 is 0 Å². The number of rotatable bonds is 3. The first kappa shape index (κ1) is 16.2. The Balaban J connectivity index is 1.92. The first-order chi connectivity index (χ1) is 11.5. The van der Waals surface area contributed by atoms with Crippen molar-refractivity contribution in [2.45, 2.75) is 19.1 Å². The minimum absolute atomic E-state index is 0.0294. The monoisotopic (exact) mass is 329 g/mol. The summed E-state index contributed by atoms with van der Waals surface area (Å²) in [6.07, 6.45) is 0.191. The van der Waals surface area contributed by atoms with Gasteiger partial charge in [0, 0.05) is 19.2 Å². The van der Waals surface area contributed by atoms with Gasteiger partial charge in [-0.2, -0.15) is 5.10 Å². The molecule has 2 atom stereocenters. The maximum Gasteiger partial charge on any atom is 0.334 e. The number of amides is 1. The molecule has 1 unspecified atom stereocenters. The second-order valence-corrected chi connectivity index (χ2v) is 5.88. The number of carbonyl (C=O) groups is 2.